The molecule has 4 rings (SSSR count). The molecule has 0 bridgehead atoms. The summed E-state index contributed by atoms with van der Waals surface area (Å²) in [5.74, 6) is -2.00. The van der Waals surface area contributed by atoms with Crippen molar-refractivity contribution in [1.29, 1.82) is 0 Å². The molecule has 0 aliphatic heterocycles. The van der Waals surface area contributed by atoms with Gasteiger partial charge in [0.2, 0.25) is 5.78 Å². The average molecular weight is 300 g/mol. The van der Waals surface area contributed by atoms with Gasteiger partial charge in [0.1, 0.15) is 0 Å². The number of hydrogen-bond acceptors (Lipinski definition) is 3. The van der Waals surface area contributed by atoms with Gasteiger partial charge < -0.3 is 5.11 Å². The summed E-state index contributed by atoms with van der Waals surface area (Å²) in [5.41, 5.74) is 2.08. The van der Waals surface area contributed by atoms with E-state index in [1.807, 2.05) is 42.5 Å². The molecule has 0 heterocycles. The van der Waals surface area contributed by atoms with Crippen LogP contribution in [0.4, 0.5) is 0 Å². The summed E-state index contributed by atoms with van der Waals surface area (Å²) >= 11 is 0. The second-order valence-electron chi connectivity index (χ2n) is 5.45. The van der Waals surface area contributed by atoms with Crippen LogP contribution in [0.2, 0.25) is 0 Å². The first-order chi connectivity index (χ1) is 11.2. The van der Waals surface area contributed by atoms with E-state index < -0.39 is 17.3 Å². The van der Waals surface area contributed by atoms with E-state index in [0.717, 1.165) is 16.3 Å². The SMILES string of the molecule is O=C1C(=O)c2ccccc2C(c2cccc3ccccc23)=C1O. The van der Waals surface area contributed by atoms with Crippen LogP contribution in [0.5, 0.6) is 0 Å². The van der Waals surface area contributed by atoms with Gasteiger partial charge in [-0.25, -0.2) is 0 Å². The maximum absolute atomic E-state index is 12.2. The fraction of sp³-hybridized carbons (Fsp3) is 0. The number of carbonyl (C=O) groups excluding carboxylic acids is 2. The monoisotopic (exact) mass is 300 g/mol. The van der Waals surface area contributed by atoms with Gasteiger partial charge in [-0.15, -0.1) is 0 Å². The lowest BCUT2D eigenvalue weighted by Gasteiger charge is -2.19. The molecule has 1 aliphatic rings. The van der Waals surface area contributed by atoms with Crippen molar-refractivity contribution in [2.75, 3.05) is 0 Å². The predicted octanol–water partition coefficient (Wildman–Crippen LogP) is 3.92. The molecule has 110 valence electrons. The number of rotatable bonds is 1. The van der Waals surface area contributed by atoms with Crippen molar-refractivity contribution in [3.05, 3.63) is 89.2 Å². The quantitative estimate of drug-likeness (QED) is 0.693. The van der Waals surface area contributed by atoms with Crippen LogP contribution < -0.4 is 0 Å². The Kier molecular flexibility index (Phi) is 2.88. The minimum atomic E-state index is -0.855. The summed E-state index contributed by atoms with van der Waals surface area (Å²) in [5, 5.41) is 12.3. The van der Waals surface area contributed by atoms with Crippen LogP contribution in [-0.4, -0.2) is 16.7 Å². The van der Waals surface area contributed by atoms with Crippen LogP contribution in [0.15, 0.2) is 72.5 Å². The standard InChI is InChI=1S/C20H12O3/c21-18-16-10-4-3-9-15(16)17(19(22)20(18)23)14-11-5-7-12-6-1-2-8-13(12)14/h1-11,22H. The maximum Gasteiger partial charge on any atom is 0.268 e. The van der Waals surface area contributed by atoms with E-state index in [2.05, 4.69) is 0 Å². The van der Waals surface area contributed by atoms with Crippen molar-refractivity contribution in [1.82, 2.24) is 0 Å². The number of ketones is 2. The molecule has 0 spiro atoms. The number of Topliss-reactive ketones (excluding diaryl/α,β-unsaturated/α-hetero) is 2. The Hall–Kier alpha value is -3.20. The highest BCUT2D eigenvalue weighted by atomic mass is 16.3. The summed E-state index contributed by atoms with van der Waals surface area (Å²) in [4.78, 5) is 24.3. The van der Waals surface area contributed by atoms with Gasteiger partial charge in [-0.3, -0.25) is 9.59 Å². The van der Waals surface area contributed by atoms with Crippen LogP contribution in [0, 0.1) is 0 Å². The summed E-state index contributed by atoms with van der Waals surface area (Å²) in [6.07, 6.45) is 0. The third-order valence-corrected chi connectivity index (χ3v) is 4.16. The zero-order chi connectivity index (χ0) is 16.0. The minimum Gasteiger partial charge on any atom is -0.504 e. The molecule has 0 saturated heterocycles. The van der Waals surface area contributed by atoms with Crippen LogP contribution in [0.1, 0.15) is 21.5 Å². The predicted molar refractivity (Wildman–Crippen MR) is 88.4 cm³/mol. The second-order valence-corrected chi connectivity index (χ2v) is 5.45. The molecule has 3 aromatic carbocycles. The molecule has 0 radical (unpaired) electrons. The molecular weight excluding hydrogens is 288 g/mol. The van der Waals surface area contributed by atoms with Gasteiger partial charge in [0.25, 0.3) is 5.78 Å². The molecule has 0 aromatic heterocycles. The topological polar surface area (TPSA) is 54.4 Å². The Morgan fingerprint density at radius 1 is 0.609 bits per heavy atom. The molecule has 0 unspecified atom stereocenters. The van der Waals surface area contributed by atoms with E-state index in [9.17, 15) is 14.7 Å². The average Bonchev–Trinajstić information content (AvgIpc) is 2.60. The van der Waals surface area contributed by atoms with E-state index in [1.54, 1.807) is 24.3 Å². The molecule has 1 N–H and O–H groups in total. The highest BCUT2D eigenvalue weighted by Crippen LogP contribution is 2.36. The van der Waals surface area contributed by atoms with E-state index >= 15 is 0 Å². The van der Waals surface area contributed by atoms with Crippen molar-refractivity contribution in [3.8, 4) is 0 Å². The van der Waals surface area contributed by atoms with Crippen LogP contribution in [0.25, 0.3) is 16.3 Å². The summed E-state index contributed by atoms with van der Waals surface area (Å²) < 4.78 is 0. The Labute approximate surface area is 132 Å². The van der Waals surface area contributed by atoms with Crippen molar-refractivity contribution < 1.29 is 14.7 Å². The summed E-state index contributed by atoms with van der Waals surface area (Å²) in [7, 11) is 0. The lowest BCUT2D eigenvalue weighted by Crippen LogP contribution is -2.24. The molecular formula is C20H12O3. The smallest absolute Gasteiger partial charge is 0.268 e. The molecule has 0 saturated carbocycles. The van der Waals surface area contributed by atoms with E-state index in [4.69, 9.17) is 0 Å². The van der Waals surface area contributed by atoms with Crippen molar-refractivity contribution in [2.24, 2.45) is 0 Å². The van der Waals surface area contributed by atoms with Gasteiger partial charge in [-0.05, 0) is 21.9 Å². The molecule has 3 aromatic rings. The lowest BCUT2D eigenvalue weighted by molar-refractivity contribution is -0.114. The van der Waals surface area contributed by atoms with Crippen molar-refractivity contribution >= 4 is 27.9 Å². The summed E-state index contributed by atoms with van der Waals surface area (Å²) in [6.45, 7) is 0. The molecule has 0 atom stereocenters. The molecule has 23 heavy (non-hydrogen) atoms. The number of hydrogen-bond donors (Lipinski definition) is 1. The van der Waals surface area contributed by atoms with Crippen LogP contribution in [0.3, 0.4) is 0 Å². The van der Waals surface area contributed by atoms with Gasteiger partial charge in [0.15, 0.2) is 5.76 Å². The molecule has 3 heteroatoms. The molecule has 0 fully saturated rings. The number of aliphatic hydroxyl groups excluding tert-OH is 1. The van der Waals surface area contributed by atoms with Gasteiger partial charge in [-0.2, -0.15) is 0 Å². The largest absolute Gasteiger partial charge is 0.504 e. The van der Waals surface area contributed by atoms with Gasteiger partial charge in [-0.1, -0.05) is 66.7 Å². The van der Waals surface area contributed by atoms with Crippen LogP contribution >= 0.6 is 0 Å². The van der Waals surface area contributed by atoms with E-state index in [1.165, 1.54) is 0 Å². The fourth-order valence-corrected chi connectivity index (χ4v) is 3.09. The third-order valence-electron chi connectivity index (χ3n) is 4.16. The Morgan fingerprint density at radius 2 is 1.22 bits per heavy atom. The van der Waals surface area contributed by atoms with Gasteiger partial charge in [0.05, 0.1) is 0 Å². The highest BCUT2D eigenvalue weighted by molar-refractivity contribution is 6.52. The Morgan fingerprint density at radius 3 is 2.04 bits per heavy atom. The third kappa shape index (κ3) is 1.90. The number of benzene rings is 3. The maximum atomic E-state index is 12.2. The minimum absolute atomic E-state index is 0.332. The molecule has 3 nitrogen and oxygen atoms in total. The van der Waals surface area contributed by atoms with Gasteiger partial charge in [0, 0.05) is 11.1 Å². The number of aliphatic hydroxyl groups is 1. The Bertz CT molecular complexity index is 1010. The second kappa shape index (κ2) is 4.92. The number of allylic oxidation sites excluding steroid dienone is 1. The first-order valence-corrected chi connectivity index (χ1v) is 7.28. The fourth-order valence-electron chi connectivity index (χ4n) is 3.09. The number of carbonyl (C=O) groups is 2. The van der Waals surface area contributed by atoms with Crippen molar-refractivity contribution in [3.63, 3.8) is 0 Å². The zero-order valence-electron chi connectivity index (χ0n) is 12.1. The first-order valence-electron chi connectivity index (χ1n) is 7.28. The Balaban J connectivity index is 2.11. The lowest BCUT2D eigenvalue weighted by atomic mass is 9.83. The summed E-state index contributed by atoms with van der Waals surface area (Å²) in [6, 6.07) is 20.3. The van der Waals surface area contributed by atoms with Crippen LogP contribution in [-0.2, 0) is 4.79 Å². The van der Waals surface area contributed by atoms with Gasteiger partial charge >= 0.3 is 0 Å². The molecule has 0 amide bonds. The molecule has 1 aliphatic carbocycles. The normalized spacial score (nSPS) is 14.3. The first kappa shape index (κ1) is 13.5. The zero-order valence-corrected chi connectivity index (χ0v) is 12.1. The van der Waals surface area contributed by atoms with E-state index in [-0.39, 0.29) is 0 Å². The number of fused-ring (bicyclic) bond motifs is 2. The highest BCUT2D eigenvalue weighted by Gasteiger charge is 2.33. The van der Waals surface area contributed by atoms with E-state index in [0.29, 0.717) is 16.7 Å². The van der Waals surface area contributed by atoms with Crippen molar-refractivity contribution in [2.45, 2.75) is 0 Å².